The summed E-state index contributed by atoms with van der Waals surface area (Å²) in [4.78, 5) is 0. The van der Waals surface area contributed by atoms with Crippen molar-refractivity contribution < 1.29 is 9.50 Å². The van der Waals surface area contributed by atoms with Gasteiger partial charge in [-0.15, -0.1) is 0 Å². The van der Waals surface area contributed by atoms with Crippen molar-refractivity contribution >= 4 is 0 Å². The van der Waals surface area contributed by atoms with Crippen LogP contribution in [0.2, 0.25) is 0 Å². The molecule has 0 bridgehead atoms. The van der Waals surface area contributed by atoms with Crippen molar-refractivity contribution in [3.63, 3.8) is 0 Å². The molecule has 0 aromatic carbocycles. The molecule has 1 fully saturated rings. The van der Waals surface area contributed by atoms with E-state index in [1.807, 2.05) is 0 Å². The van der Waals surface area contributed by atoms with Crippen molar-refractivity contribution in [2.24, 2.45) is 0 Å². The summed E-state index contributed by atoms with van der Waals surface area (Å²) in [5, 5.41) is 17.3. The number of hydrogen-bond donors (Lipinski definition) is 1. The Labute approximate surface area is 65.6 Å². The molecular weight excluding hydrogens is 145 g/mol. The number of aliphatic hydroxyl groups is 1. The fourth-order valence-corrected chi connectivity index (χ4v) is 1.53. The molecule has 0 radical (unpaired) electrons. The third-order valence-electron chi connectivity index (χ3n) is 2.30. The van der Waals surface area contributed by atoms with E-state index in [0.29, 0.717) is 12.8 Å². The fraction of sp³-hybridized carbons (Fsp3) is 0.875. The minimum Gasteiger partial charge on any atom is -0.375 e. The third-order valence-corrected chi connectivity index (χ3v) is 2.30. The summed E-state index contributed by atoms with van der Waals surface area (Å²) in [6, 6.07) is 1.56. The topological polar surface area (TPSA) is 44.0 Å². The van der Waals surface area contributed by atoms with Gasteiger partial charge in [0.15, 0.2) is 6.10 Å². The van der Waals surface area contributed by atoms with E-state index in [9.17, 15) is 4.39 Å². The fourth-order valence-electron chi connectivity index (χ4n) is 1.53. The van der Waals surface area contributed by atoms with E-state index < -0.39 is 11.8 Å². The van der Waals surface area contributed by atoms with Crippen LogP contribution >= 0.6 is 0 Å². The summed E-state index contributed by atoms with van der Waals surface area (Å²) < 4.78 is 13.5. The van der Waals surface area contributed by atoms with Crippen LogP contribution < -0.4 is 0 Å². The van der Waals surface area contributed by atoms with Crippen molar-refractivity contribution in [2.75, 3.05) is 0 Å². The number of rotatable bonds is 1. The van der Waals surface area contributed by atoms with Crippen LogP contribution in [-0.4, -0.2) is 16.9 Å². The zero-order valence-electron chi connectivity index (χ0n) is 6.39. The highest BCUT2D eigenvalue weighted by Gasteiger charge is 2.39. The average Bonchev–Trinajstić information content (AvgIpc) is 2.04. The Morgan fingerprint density at radius 3 is 2.36 bits per heavy atom. The van der Waals surface area contributed by atoms with Crippen LogP contribution in [0.25, 0.3) is 0 Å². The lowest BCUT2D eigenvalue weighted by molar-refractivity contribution is -0.00317. The Morgan fingerprint density at radius 2 is 1.91 bits per heavy atom. The van der Waals surface area contributed by atoms with Crippen molar-refractivity contribution in [1.29, 1.82) is 5.26 Å². The molecule has 0 spiro atoms. The summed E-state index contributed by atoms with van der Waals surface area (Å²) >= 11 is 0. The highest BCUT2D eigenvalue weighted by Crippen LogP contribution is 2.34. The minimum atomic E-state index is -1.62. The van der Waals surface area contributed by atoms with Gasteiger partial charge in [-0.1, -0.05) is 19.3 Å². The highest BCUT2D eigenvalue weighted by atomic mass is 19.1. The zero-order chi connectivity index (χ0) is 8.32. The summed E-state index contributed by atoms with van der Waals surface area (Å²) in [5.74, 6) is 0. The molecule has 0 saturated heterocycles. The third kappa shape index (κ3) is 1.69. The SMILES string of the molecule is N#C[C@H](O)C1(F)CCCCC1. The number of halogens is 1. The van der Waals surface area contributed by atoms with Crippen LogP contribution in [0.3, 0.4) is 0 Å². The number of hydrogen-bond acceptors (Lipinski definition) is 2. The van der Waals surface area contributed by atoms with Crippen LogP contribution in [0.5, 0.6) is 0 Å². The number of alkyl halides is 1. The quantitative estimate of drug-likeness (QED) is 0.587. The molecule has 0 aromatic rings. The normalized spacial score (nSPS) is 25.5. The molecule has 0 aliphatic heterocycles. The molecule has 0 unspecified atom stereocenters. The van der Waals surface area contributed by atoms with E-state index in [1.165, 1.54) is 0 Å². The van der Waals surface area contributed by atoms with Gasteiger partial charge in [0.1, 0.15) is 5.67 Å². The summed E-state index contributed by atoms with van der Waals surface area (Å²) in [7, 11) is 0. The smallest absolute Gasteiger partial charge is 0.174 e. The molecule has 1 N–H and O–H groups in total. The van der Waals surface area contributed by atoms with Gasteiger partial charge in [0, 0.05) is 0 Å². The van der Waals surface area contributed by atoms with E-state index >= 15 is 0 Å². The van der Waals surface area contributed by atoms with Gasteiger partial charge in [-0.25, -0.2) is 4.39 Å². The van der Waals surface area contributed by atoms with Gasteiger partial charge >= 0.3 is 0 Å². The summed E-state index contributed by atoms with van der Waals surface area (Å²) in [5.41, 5.74) is -1.62. The monoisotopic (exact) mass is 157 g/mol. The molecule has 1 atom stereocenters. The molecule has 1 aliphatic carbocycles. The molecule has 1 aliphatic rings. The lowest BCUT2D eigenvalue weighted by atomic mass is 9.83. The van der Waals surface area contributed by atoms with Gasteiger partial charge in [0.2, 0.25) is 0 Å². The number of nitrogens with zero attached hydrogens (tertiary/aromatic N) is 1. The van der Waals surface area contributed by atoms with Crippen molar-refractivity contribution in [3.05, 3.63) is 0 Å². The van der Waals surface area contributed by atoms with Gasteiger partial charge in [-0.05, 0) is 12.8 Å². The second-order valence-electron chi connectivity index (χ2n) is 3.13. The van der Waals surface area contributed by atoms with Gasteiger partial charge in [-0.3, -0.25) is 0 Å². The maximum absolute atomic E-state index is 13.5. The van der Waals surface area contributed by atoms with E-state index in [-0.39, 0.29) is 0 Å². The molecule has 0 heterocycles. The molecular formula is C8H12FNO. The van der Waals surface area contributed by atoms with Crippen LogP contribution in [0, 0.1) is 11.3 Å². The Kier molecular flexibility index (Phi) is 2.45. The first-order valence-corrected chi connectivity index (χ1v) is 3.96. The molecule has 0 amide bonds. The van der Waals surface area contributed by atoms with E-state index in [0.717, 1.165) is 19.3 Å². The molecule has 11 heavy (non-hydrogen) atoms. The van der Waals surface area contributed by atoms with Crippen LogP contribution in [0.1, 0.15) is 32.1 Å². The second kappa shape index (κ2) is 3.19. The predicted molar refractivity (Wildman–Crippen MR) is 38.5 cm³/mol. The van der Waals surface area contributed by atoms with Crippen molar-refractivity contribution in [2.45, 2.75) is 43.9 Å². The van der Waals surface area contributed by atoms with Crippen molar-refractivity contribution in [1.82, 2.24) is 0 Å². The first-order valence-electron chi connectivity index (χ1n) is 3.96. The minimum absolute atomic E-state index is 0.335. The highest BCUT2D eigenvalue weighted by molar-refractivity contribution is 5.00. The van der Waals surface area contributed by atoms with E-state index in [4.69, 9.17) is 10.4 Å². The molecule has 62 valence electrons. The summed E-state index contributed by atoms with van der Waals surface area (Å²) in [6.45, 7) is 0. The van der Waals surface area contributed by atoms with Crippen LogP contribution in [-0.2, 0) is 0 Å². The van der Waals surface area contributed by atoms with E-state index in [2.05, 4.69) is 0 Å². The zero-order valence-corrected chi connectivity index (χ0v) is 6.39. The van der Waals surface area contributed by atoms with Gasteiger partial charge in [-0.2, -0.15) is 5.26 Å². The number of aliphatic hydroxyl groups excluding tert-OH is 1. The molecule has 2 nitrogen and oxygen atoms in total. The first-order chi connectivity index (χ1) is 5.19. The van der Waals surface area contributed by atoms with Crippen LogP contribution in [0.15, 0.2) is 0 Å². The largest absolute Gasteiger partial charge is 0.375 e. The van der Waals surface area contributed by atoms with E-state index in [1.54, 1.807) is 6.07 Å². The summed E-state index contributed by atoms with van der Waals surface area (Å²) in [6.07, 6.45) is 1.83. The second-order valence-corrected chi connectivity index (χ2v) is 3.13. The number of nitriles is 1. The van der Waals surface area contributed by atoms with Crippen molar-refractivity contribution in [3.8, 4) is 6.07 Å². The maximum Gasteiger partial charge on any atom is 0.174 e. The first kappa shape index (κ1) is 8.48. The van der Waals surface area contributed by atoms with Gasteiger partial charge < -0.3 is 5.11 Å². The van der Waals surface area contributed by atoms with Gasteiger partial charge in [0.25, 0.3) is 0 Å². The Morgan fingerprint density at radius 1 is 1.36 bits per heavy atom. The average molecular weight is 157 g/mol. The van der Waals surface area contributed by atoms with Crippen LogP contribution in [0.4, 0.5) is 4.39 Å². The Balaban J connectivity index is 2.57. The Hall–Kier alpha value is -0.620. The lowest BCUT2D eigenvalue weighted by Crippen LogP contribution is -2.38. The standard InChI is InChI=1S/C8H12FNO/c9-8(7(11)6-10)4-2-1-3-5-8/h7,11H,1-5H2/t7-/m0/s1. The molecule has 1 saturated carbocycles. The lowest BCUT2D eigenvalue weighted by Gasteiger charge is -2.30. The molecule has 0 aromatic heterocycles. The van der Waals surface area contributed by atoms with Gasteiger partial charge in [0.05, 0.1) is 6.07 Å². The maximum atomic E-state index is 13.5. The Bertz CT molecular complexity index is 169. The molecule has 3 heteroatoms. The predicted octanol–water partition coefficient (Wildman–Crippen LogP) is 1.54. The molecule has 1 rings (SSSR count).